The van der Waals surface area contributed by atoms with E-state index in [9.17, 15) is 18.7 Å². The third-order valence-electron chi connectivity index (χ3n) is 3.93. The highest BCUT2D eigenvalue weighted by molar-refractivity contribution is 5.77. The Balaban J connectivity index is 1.92. The molecule has 1 aliphatic rings. The van der Waals surface area contributed by atoms with E-state index in [2.05, 4.69) is 0 Å². The van der Waals surface area contributed by atoms with Gasteiger partial charge in [-0.2, -0.15) is 0 Å². The molecule has 3 nitrogen and oxygen atoms in total. The van der Waals surface area contributed by atoms with E-state index in [1.165, 1.54) is 12.1 Å². The van der Waals surface area contributed by atoms with E-state index >= 15 is 0 Å². The molecule has 2 unspecified atom stereocenters. The van der Waals surface area contributed by atoms with Crippen molar-refractivity contribution in [3.05, 3.63) is 35.4 Å². The van der Waals surface area contributed by atoms with E-state index in [0.29, 0.717) is 18.5 Å². The van der Waals surface area contributed by atoms with Crippen LogP contribution in [0.5, 0.6) is 0 Å². The number of carbonyl (C=O) groups is 1. The van der Waals surface area contributed by atoms with E-state index in [4.69, 9.17) is 0 Å². The minimum atomic E-state index is -0.612. The lowest BCUT2D eigenvalue weighted by atomic mass is 10.1. The van der Waals surface area contributed by atoms with E-state index in [-0.39, 0.29) is 24.8 Å². The normalized spacial score (nSPS) is 19.8. The molecule has 1 aromatic rings. The minimum Gasteiger partial charge on any atom is -0.393 e. The van der Waals surface area contributed by atoms with Crippen molar-refractivity contribution < 1.29 is 18.7 Å². The van der Waals surface area contributed by atoms with E-state index < -0.39 is 17.7 Å². The molecule has 0 bridgehead atoms. The van der Waals surface area contributed by atoms with Gasteiger partial charge in [0.15, 0.2) is 0 Å². The van der Waals surface area contributed by atoms with Gasteiger partial charge < -0.3 is 10.0 Å². The molecule has 1 N–H and O–H groups in total. The molecule has 0 aromatic heterocycles. The van der Waals surface area contributed by atoms with Crippen molar-refractivity contribution in [2.45, 2.75) is 51.2 Å². The first-order chi connectivity index (χ1) is 9.97. The molecule has 5 heteroatoms. The predicted molar refractivity (Wildman–Crippen MR) is 75.7 cm³/mol. The highest BCUT2D eigenvalue weighted by atomic mass is 19.1. The maximum absolute atomic E-state index is 13.5. The largest absolute Gasteiger partial charge is 0.393 e. The minimum absolute atomic E-state index is 0.0260. The van der Waals surface area contributed by atoms with Crippen LogP contribution in [0.15, 0.2) is 18.2 Å². The Bertz CT molecular complexity index is 505. The maximum Gasteiger partial charge on any atom is 0.223 e. The number of rotatable bonds is 5. The quantitative estimate of drug-likeness (QED) is 0.907. The fourth-order valence-electron chi connectivity index (χ4n) is 2.91. The Morgan fingerprint density at radius 2 is 2.24 bits per heavy atom. The number of likely N-dealkylation sites (tertiary alicyclic amines) is 1. The summed E-state index contributed by atoms with van der Waals surface area (Å²) in [6.07, 6.45) is 2.46. The number of halogens is 2. The summed E-state index contributed by atoms with van der Waals surface area (Å²) in [6, 6.07) is 3.51. The van der Waals surface area contributed by atoms with Gasteiger partial charge in [0.2, 0.25) is 5.91 Å². The smallest absolute Gasteiger partial charge is 0.223 e. The summed E-state index contributed by atoms with van der Waals surface area (Å²) in [6.45, 7) is 2.41. The summed E-state index contributed by atoms with van der Waals surface area (Å²) in [5.41, 5.74) is 0.357. The zero-order chi connectivity index (χ0) is 15.4. The Kier molecular flexibility index (Phi) is 5.28. The number of benzene rings is 1. The SMILES string of the molecule is CC(O)CC1CCCN1C(=O)CCc1ccc(F)cc1F. The molecule has 1 heterocycles. The van der Waals surface area contributed by atoms with Crippen molar-refractivity contribution in [1.29, 1.82) is 0 Å². The topological polar surface area (TPSA) is 40.5 Å². The molecule has 2 atom stereocenters. The van der Waals surface area contributed by atoms with Crippen LogP contribution in [0.2, 0.25) is 0 Å². The van der Waals surface area contributed by atoms with E-state index in [1.807, 2.05) is 0 Å². The first kappa shape index (κ1) is 15.9. The molecule has 1 aliphatic heterocycles. The number of amides is 1. The molecule has 1 aromatic carbocycles. The summed E-state index contributed by atoms with van der Waals surface area (Å²) >= 11 is 0. The lowest BCUT2D eigenvalue weighted by Crippen LogP contribution is -2.37. The Hall–Kier alpha value is -1.49. The van der Waals surface area contributed by atoms with Crippen LogP contribution in [0.25, 0.3) is 0 Å². The van der Waals surface area contributed by atoms with E-state index in [0.717, 1.165) is 18.9 Å². The fraction of sp³-hybridized carbons (Fsp3) is 0.562. The number of aliphatic hydroxyl groups is 1. The Labute approximate surface area is 123 Å². The highest BCUT2D eigenvalue weighted by Crippen LogP contribution is 2.23. The number of hydrogen-bond acceptors (Lipinski definition) is 2. The van der Waals surface area contributed by atoms with Gasteiger partial charge >= 0.3 is 0 Å². The zero-order valence-electron chi connectivity index (χ0n) is 12.2. The van der Waals surface area contributed by atoms with Gasteiger partial charge in [0.25, 0.3) is 0 Å². The second-order valence-corrected chi connectivity index (χ2v) is 5.70. The average Bonchev–Trinajstić information content (AvgIpc) is 2.84. The van der Waals surface area contributed by atoms with Gasteiger partial charge in [0.1, 0.15) is 11.6 Å². The Morgan fingerprint density at radius 1 is 1.48 bits per heavy atom. The average molecular weight is 297 g/mol. The zero-order valence-corrected chi connectivity index (χ0v) is 12.2. The summed E-state index contributed by atoms with van der Waals surface area (Å²) in [5.74, 6) is -1.24. The van der Waals surface area contributed by atoms with Gasteiger partial charge in [-0.15, -0.1) is 0 Å². The van der Waals surface area contributed by atoms with Gasteiger partial charge in [-0.05, 0) is 44.2 Å². The molecule has 1 amide bonds. The second-order valence-electron chi connectivity index (χ2n) is 5.70. The summed E-state index contributed by atoms with van der Waals surface area (Å²) in [4.78, 5) is 14.0. The first-order valence-corrected chi connectivity index (χ1v) is 7.39. The lowest BCUT2D eigenvalue weighted by molar-refractivity contribution is -0.132. The molecule has 2 rings (SSSR count). The third kappa shape index (κ3) is 4.24. The predicted octanol–water partition coefficient (Wildman–Crippen LogP) is 2.66. The van der Waals surface area contributed by atoms with Crippen LogP contribution in [-0.4, -0.2) is 34.6 Å². The molecule has 1 saturated heterocycles. The number of nitrogens with zero attached hydrogens (tertiary/aromatic N) is 1. The number of hydrogen-bond donors (Lipinski definition) is 1. The van der Waals surface area contributed by atoms with Crippen LogP contribution in [0.1, 0.15) is 38.2 Å². The number of carbonyl (C=O) groups excluding carboxylic acids is 1. The molecular formula is C16H21F2NO2. The van der Waals surface area contributed by atoms with Crippen LogP contribution in [0.3, 0.4) is 0 Å². The monoisotopic (exact) mass is 297 g/mol. The standard InChI is InChI=1S/C16H21F2NO2/c1-11(20)9-14-3-2-8-19(14)16(21)7-5-12-4-6-13(17)10-15(12)18/h4,6,10-11,14,20H,2-3,5,7-9H2,1H3. The summed E-state index contributed by atoms with van der Waals surface area (Å²) < 4.78 is 26.4. The number of aryl methyl sites for hydroxylation is 1. The van der Waals surface area contributed by atoms with Crippen molar-refractivity contribution in [2.24, 2.45) is 0 Å². The van der Waals surface area contributed by atoms with Gasteiger partial charge in [-0.1, -0.05) is 6.07 Å². The molecule has 0 spiro atoms. The van der Waals surface area contributed by atoms with E-state index in [1.54, 1.807) is 11.8 Å². The van der Waals surface area contributed by atoms with Gasteiger partial charge in [-0.25, -0.2) is 8.78 Å². The molecule has 0 saturated carbocycles. The number of aliphatic hydroxyl groups excluding tert-OH is 1. The molecule has 21 heavy (non-hydrogen) atoms. The van der Waals surface area contributed by atoms with Gasteiger partial charge in [0.05, 0.1) is 6.10 Å². The van der Waals surface area contributed by atoms with Crippen molar-refractivity contribution in [3.63, 3.8) is 0 Å². The maximum atomic E-state index is 13.5. The molecule has 1 fully saturated rings. The van der Waals surface area contributed by atoms with Crippen molar-refractivity contribution in [1.82, 2.24) is 4.90 Å². The summed E-state index contributed by atoms with van der Waals surface area (Å²) in [5, 5.41) is 9.46. The van der Waals surface area contributed by atoms with Crippen LogP contribution >= 0.6 is 0 Å². The van der Waals surface area contributed by atoms with Gasteiger partial charge in [-0.3, -0.25) is 4.79 Å². The summed E-state index contributed by atoms with van der Waals surface area (Å²) in [7, 11) is 0. The van der Waals surface area contributed by atoms with Crippen LogP contribution in [0.4, 0.5) is 8.78 Å². The van der Waals surface area contributed by atoms with Crippen LogP contribution < -0.4 is 0 Å². The molecule has 0 aliphatic carbocycles. The highest BCUT2D eigenvalue weighted by Gasteiger charge is 2.29. The lowest BCUT2D eigenvalue weighted by Gasteiger charge is -2.25. The Morgan fingerprint density at radius 3 is 2.90 bits per heavy atom. The van der Waals surface area contributed by atoms with Crippen molar-refractivity contribution in [2.75, 3.05) is 6.54 Å². The molecule has 116 valence electrons. The van der Waals surface area contributed by atoms with Crippen LogP contribution in [-0.2, 0) is 11.2 Å². The third-order valence-corrected chi connectivity index (χ3v) is 3.93. The van der Waals surface area contributed by atoms with Crippen molar-refractivity contribution >= 4 is 5.91 Å². The van der Waals surface area contributed by atoms with Crippen LogP contribution in [0, 0.1) is 11.6 Å². The first-order valence-electron chi connectivity index (χ1n) is 7.39. The van der Waals surface area contributed by atoms with Gasteiger partial charge in [0, 0.05) is 25.1 Å². The van der Waals surface area contributed by atoms with Crippen molar-refractivity contribution in [3.8, 4) is 0 Å². The second kappa shape index (κ2) is 6.98. The fourth-order valence-corrected chi connectivity index (χ4v) is 2.91. The molecular weight excluding hydrogens is 276 g/mol. The molecule has 0 radical (unpaired) electrons.